The number of aliphatic carboxylic acids is 1. The fourth-order valence-electron chi connectivity index (χ4n) is 2.00. The topological polar surface area (TPSA) is 101 Å². The third-order valence-electron chi connectivity index (χ3n) is 2.89. The number of aryl methyl sites for hydroxylation is 1. The zero-order valence-corrected chi connectivity index (χ0v) is 13.2. The van der Waals surface area contributed by atoms with Gasteiger partial charge >= 0.3 is 5.97 Å². The van der Waals surface area contributed by atoms with Crippen molar-refractivity contribution >= 4 is 27.3 Å². The molecular formula is C12H15N3O4S2. The highest BCUT2D eigenvalue weighted by atomic mass is 32.2. The zero-order chi connectivity index (χ0) is 15.6. The second kappa shape index (κ2) is 5.96. The summed E-state index contributed by atoms with van der Waals surface area (Å²) in [5.74, 6) is -1.07. The lowest BCUT2D eigenvalue weighted by molar-refractivity contribution is -0.137. The van der Waals surface area contributed by atoms with E-state index in [1.807, 2.05) is 17.5 Å². The van der Waals surface area contributed by atoms with Gasteiger partial charge in [0.25, 0.3) is 0 Å². The van der Waals surface area contributed by atoms with Crippen LogP contribution in [-0.4, -0.2) is 29.3 Å². The van der Waals surface area contributed by atoms with Crippen molar-refractivity contribution in [1.29, 1.82) is 0 Å². The van der Waals surface area contributed by atoms with Gasteiger partial charge in [0.1, 0.15) is 11.4 Å². The maximum Gasteiger partial charge on any atom is 0.325 e. The number of rotatable bonds is 6. The summed E-state index contributed by atoms with van der Waals surface area (Å²) in [5, 5.41) is 14.6. The molecule has 0 aromatic carbocycles. The van der Waals surface area contributed by atoms with Crippen molar-refractivity contribution in [2.75, 3.05) is 0 Å². The summed E-state index contributed by atoms with van der Waals surface area (Å²) in [6.07, 6.45) is 0. The predicted octanol–water partition coefficient (Wildman–Crippen LogP) is 1.12. The summed E-state index contributed by atoms with van der Waals surface area (Å²) < 4.78 is 28.4. The summed E-state index contributed by atoms with van der Waals surface area (Å²) in [5.41, 5.74) is 0.598. The van der Waals surface area contributed by atoms with Gasteiger partial charge in [0.2, 0.25) is 10.0 Å². The number of hydrogen-bond donors (Lipinski definition) is 2. The first-order valence-corrected chi connectivity index (χ1v) is 8.45. The van der Waals surface area contributed by atoms with Crippen molar-refractivity contribution in [2.45, 2.75) is 31.8 Å². The molecule has 2 aromatic heterocycles. The van der Waals surface area contributed by atoms with Crippen LogP contribution in [0.1, 0.15) is 16.3 Å². The minimum Gasteiger partial charge on any atom is -0.480 e. The third kappa shape index (κ3) is 3.49. The molecule has 0 aliphatic heterocycles. The lowest BCUT2D eigenvalue weighted by Crippen LogP contribution is -2.24. The number of carbonyl (C=O) groups is 1. The number of nitrogens with one attached hydrogen (secondary N) is 1. The van der Waals surface area contributed by atoms with Crippen LogP contribution in [0.4, 0.5) is 0 Å². The highest BCUT2D eigenvalue weighted by Gasteiger charge is 2.25. The number of sulfonamides is 1. The van der Waals surface area contributed by atoms with Gasteiger partial charge in [-0.3, -0.25) is 9.48 Å². The minimum absolute atomic E-state index is 0.0420. The second-order valence-corrected chi connectivity index (χ2v) is 7.19. The van der Waals surface area contributed by atoms with E-state index in [0.29, 0.717) is 5.69 Å². The standard InChI is InChI=1S/C12H15N3O4S2/c1-8-12(9(2)15(14-8)7-11(16)17)21(18,19)13-6-10-4-3-5-20-10/h3-5,13H,6-7H2,1-2H3,(H,16,17). The number of carboxylic acid groups (broad SMARTS) is 1. The van der Waals surface area contributed by atoms with Gasteiger partial charge in [-0.25, -0.2) is 13.1 Å². The Morgan fingerprint density at radius 2 is 2.19 bits per heavy atom. The van der Waals surface area contributed by atoms with Crippen LogP contribution in [-0.2, 0) is 27.9 Å². The van der Waals surface area contributed by atoms with Crippen molar-refractivity contribution in [3.05, 3.63) is 33.8 Å². The van der Waals surface area contributed by atoms with Crippen LogP contribution in [0.15, 0.2) is 22.4 Å². The molecule has 2 heterocycles. The van der Waals surface area contributed by atoms with Crippen LogP contribution < -0.4 is 4.72 Å². The Hall–Kier alpha value is -1.71. The van der Waals surface area contributed by atoms with E-state index in [2.05, 4.69) is 9.82 Å². The Morgan fingerprint density at radius 1 is 1.48 bits per heavy atom. The number of carboxylic acids is 1. The largest absolute Gasteiger partial charge is 0.480 e. The maximum absolute atomic E-state index is 12.4. The number of nitrogens with zero attached hydrogens (tertiary/aromatic N) is 2. The monoisotopic (exact) mass is 329 g/mol. The van der Waals surface area contributed by atoms with Gasteiger partial charge in [0, 0.05) is 11.4 Å². The van der Waals surface area contributed by atoms with Crippen LogP contribution in [0.2, 0.25) is 0 Å². The summed E-state index contributed by atoms with van der Waals surface area (Å²) in [6, 6.07) is 3.68. The predicted molar refractivity (Wildman–Crippen MR) is 77.7 cm³/mol. The van der Waals surface area contributed by atoms with Gasteiger partial charge < -0.3 is 5.11 Å². The molecule has 0 unspecified atom stereocenters. The van der Waals surface area contributed by atoms with E-state index in [1.165, 1.54) is 16.0 Å². The molecule has 0 saturated carbocycles. The summed E-state index contributed by atoms with van der Waals surface area (Å²) in [7, 11) is -3.73. The van der Waals surface area contributed by atoms with E-state index < -0.39 is 16.0 Å². The van der Waals surface area contributed by atoms with Crippen molar-refractivity contribution in [1.82, 2.24) is 14.5 Å². The van der Waals surface area contributed by atoms with E-state index in [0.717, 1.165) is 4.88 Å². The highest BCUT2D eigenvalue weighted by molar-refractivity contribution is 7.89. The minimum atomic E-state index is -3.73. The number of hydrogen-bond acceptors (Lipinski definition) is 5. The first kappa shape index (κ1) is 15.7. The van der Waals surface area contributed by atoms with E-state index >= 15 is 0 Å². The average Bonchev–Trinajstić information content (AvgIpc) is 2.96. The summed E-state index contributed by atoms with van der Waals surface area (Å²) in [6.45, 7) is 2.92. The Bertz CT molecular complexity index is 748. The van der Waals surface area contributed by atoms with Crippen molar-refractivity contribution < 1.29 is 18.3 Å². The number of aromatic nitrogens is 2. The van der Waals surface area contributed by atoms with E-state index in [1.54, 1.807) is 13.8 Å². The maximum atomic E-state index is 12.4. The molecule has 0 spiro atoms. The molecule has 21 heavy (non-hydrogen) atoms. The SMILES string of the molecule is Cc1nn(CC(=O)O)c(C)c1S(=O)(=O)NCc1cccs1. The molecule has 2 aromatic rings. The molecule has 0 atom stereocenters. The first-order chi connectivity index (χ1) is 9.81. The van der Waals surface area contributed by atoms with E-state index in [4.69, 9.17) is 5.11 Å². The molecular weight excluding hydrogens is 314 g/mol. The van der Waals surface area contributed by atoms with Gasteiger partial charge in [0.05, 0.1) is 11.4 Å². The molecule has 2 N–H and O–H groups in total. The molecule has 0 amide bonds. The molecule has 114 valence electrons. The molecule has 0 aliphatic carbocycles. The molecule has 2 rings (SSSR count). The smallest absolute Gasteiger partial charge is 0.325 e. The van der Waals surface area contributed by atoms with Gasteiger partial charge in [-0.2, -0.15) is 5.10 Å². The Morgan fingerprint density at radius 3 is 2.76 bits per heavy atom. The molecule has 0 saturated heterocycles. The second-order valence-electron chi connectivity index (χ2n) is 4.46. The van der Waals surface area contributed by atoms with Crippen LogP contribution in [0.5, 0.6) is 0 Å². The normalized spacial score (nSPS) is 11.7. The van der Waals surface area contributed by atoms with Crippen molar-refractivity contribution in [3.8, 4) is 0 Å². The van der Waals surface area contributed by atoms with Crippen LogP contribution in [0, 0.1) is 13.8 Å². The highest BCUT2D eigenvalue weighted by Crippen LogP contribution is 2.20. The van der Waals surface area contributed by atoms with Crippen molar-refractivity contribution in [2.24, 2.45) is 0 Å². The summed E-state index contributed by atoms with van der Waals surface area (Å²) >= 11 is 1.46. The van der Waals surface area contributed by atoms with E-state index in [-0.39, 0.29) is 23.7 Å². The fraction of sp³-hybridized carbons (Fsp3) is 0.333. The Balaban J connectivity index is 2.27. The van der Waals surface area contributed by atoms with Crippen LogP contribution >= 0.6 is 11.3 Å². The fourth-order valence-corrected chi connectivity index (χ4v) is 4.15. The lowest BCUT2D eigenvalue weighted by atomic mass is 10.4. The molecule has 0 aliphatic rings. The van der Waals surface area contributed by atoms with Crippen LogP contribution in [0.25, 0.3) is 0 Å². The van der Waals surface area contributed by atoms with Gasteiger partial charge in [-0.15, -0.1) is 11.3 Å². The van der Waals surface area contributed by atoms with Crippen LogP contribution in [0.3, 0.4) is 0 Å². The zero-order valence-electron chi connectivity index (χ0n) is 11.5. The average molecular weight is 329 g/mol. The first-order valence-electron chi connectivity index (χ1n) is 6.09. The van der Waals surface area contributed by atoms with Gasteiger partial charge in [0.15, 0.2) is 0 Å². The van der Waals surface area contributed by atoms with Gasteiger partial charge in [-0.05, 0) is 25.3 Å². The summed E-state index contributed by atoms with van der Waals surface area (Å²) in [4.78, 5) is 11.7. The molecule has 0 radical (unpaired) electrons. The quantitative estimate of drug-likeness (QED) is 0.827. The number of thiophene rings is 1. The lowest BCUT2D eigenvalue weighted by Gasteiger charge is -2.06. The van der Waals surface area contributed by atoms with Crippen molar-refractivity contribution in [3.63, 3.8) is 0 Å². The Kier molecular flexibility index (Phi) is 4.45. The molecule has 9 heteroatoms. The molecule has 7 nitrogen and oxygen atoms in total. The third-order valence-corrected chi connectivity index (χ3v) is 5.41. The Labute approximate surface area is 126 Å². The van der Waals surface area contributed by atoms with Gasteiger partial charge in [-0.1, -0.05) is 6.07 Å². The molecule has 0 bridgehead atoms. The van der Waals surface area contributed by atoms with E-state index in [9.17, 15) is 13.2 Å². The molecule has 0 fully saturated rings.